The average Bonchev–Trinajstić information content (AvgIpc) is 3.40. The van der Waals surface area contributed by atoms with Crippen LogP contribution in [0.2, 0.25) is 0 Å². The van der Waals surface area contributed by atoms with Crippen LogP contribution in [0.25, 0.3) is 17.2 Å². The van der Waals surface area contributed by atoms with Crippen LogP contribution >= 0.6 is 11.8 Å². The van der Waals surface area contributed by atoms with Gasteiger partial charge in [-0.3, -0.25) is 0 Å². The van der Waals surface area contributed by atoms with Crippen LogP contribution in [0.3, 0.4) is 0 Å². The summed E-state index contributed by atoms with van der Waals surface area (Å²) in [6.07, 6.45) is 5.52. The number of thioether (sulfide) groups is 1. The van der Waals surface area contributed by atoms with Crippen molar-refractivity contribution in [2.45, 2.75) is 37.5 Å². The Hall–Kier alpha value is -3.06. The molecule has 0 atom stereocenters. The lowest BCUT2D eigenvalue weighted by Crippen LogP contribution is -2.07. The molecule has 0 saturated heterocycles. The van der Waals surface area contributed by atoms with Crippen molar-refractivity contribution in [3.63, 3.8) is 0 Å². The number of allylic oxidation sites excluding steroid dienone is 1. The van der Waals surface area contributed by atoms with Crippen molar-refractivity contribution in [1.82, 2.24) is 25.0 Å². The minimum atomic E-state index is -0.0975. The number of nitriles is 1. The molecule has 10 heteroatoms. The highest BCUT2D eigenvalue weighted by Gasteiger charge is 2.21. The Balaban J connectivity index is 1.52. The van der Waals surface area contributed by atoms with Crippen molar-refractivity contribution in [3.05, 3.63) is 35.8 Å². The van der Waals surface area contributed by atoms with E-state index >= 15 is 0 Å². The minimum absolute atomic E-state index is 0.0975. The molecule has 0 fully saturated rings. The maximum atomic E-state index is 10.5. The van der Waals surface area contributed by atoms with Crippen LogP contribution in [0.5, 0.6) is 0 Å². The first-order chi connectivity index (χ1) is 13.3. The standard InChI is InChI=1S/C17H16N6O3S/c18-9-11(15-20-19-14-6-2-1-3-7-23(14)15)12(24)10-27-17-22-21-16(26-17)13-5-4-8-25-13/h4-5,8,24H,1-3,6-7,10H2/b12-11-. The van der Waals surface area contributed by atoms with Gasteiger partial charge in [0.15, 0.2) is 11.6 Å². The van der Waals surface area contributed by atoms with E-state index in [1.165, 1.54) is 6.26 Å². The molecule has 3 aromatic heterocycles. The first-order valence-corrected chi connectivity index (χ1v) is 9.49. The number of hydrogen-bond donors (Lipinski definition) is 1. The topological polar surface area (TPSA) is 127 Å². The second kappa shape index (κ2) is 7.67. The van der Waals surface area contributed by atoms with E-state index in [9.17, 15) is 10.4 Å². The van der Waals surface area contributed by atoms with Crippen LogP contribution in [-0.4, -0.2) is 35.8 Å². The van der Waals surface area contributed by atoms with E-state index in [0.717, 1.165) is 49.8 Å². The molecule has 1 aliphatic rings. The fourth-order valence-electron chi connectivity index (χ4n) is 2.88. The second-order valence-corrected chi connectivity index (χ2v) is 6.90. The van der Waals surface area contributed by atoms with Gasteiger partial charge >= 0.3 is 0 Å². The van der Waals surface area contributed by atoms with Crippen molar-refractivity contribution in [1.29, 1.82) is 5.26 Å². The molecule has 4 rings (SSSR count). The van der Waals surface area contributed by atoms with Crippen LogP contribution < -0.4 is 0 Å². The number of nitrogens with zero attached hydrogens (tertiary/aromatic N) is 6. The molecular weight excluding hydrogens is 368 g/mol. The highest BCUT2D eigenvalue weighted by atomic mass is 32.2. The van der Waals surface area contributed by atoms with E-state index in [1.807, 2.05) is 10.6 Å². The number of hydrogen-bond acceptors (Lipinski definition) is 9. The van der Waals surface area contributed by atoms with Gasteiger partial charge in [-0.05, 0) is 25.0 Å². The van der Waals surface area contributed by atoms with E-state index in [-0.39, 0.29) is 28.2 Å². The van der Waals surface area contributed by atoms with Crippen LogP contribution in [0.4, 0.5) is 0 Å². The summed E-state index contributed by atoms with van der Waals surface area (Å²) in [5.41, 5.74) is 0.119. The summed E-state index contributed by atoms with van der Waals surface area (Å²) < 4.78 is 12.6. The molecule has 27 heavy (non-hydrogen) atoms. The van der Waals surface area contributed by atoms with Crippen molar-refractivity contribution in [2.24, 2.45) is 0 Å². The van der Waals surface area contributed by atoms with Gasteiger partial charge in [0.05, 0.1) is 12.0 Å². The van der Waals surface area contributed by atoms with Gasteiger partial charge in [0.2, 0.25) is 0 Å². The zero-order valence-corrected chi connectivity index (χ0v) is 15.1. The molecule has 3 aromatic rings. The molecule has 9 nitrogen and oxygen atoms in total. The van der Waals surface area contributed by atoms with Crippen LogP contribution in [0.1, 0.15) is 30.9 Å². The average molecular weight is 384 g/mol. The summed E-state index contributed by atoms with van der Waals surface area (Å²) in [6, 6.07) is 5.49. The number of aryl methyl sites for hydroxylation is 1. The Morgan fingerprint density at radius 2 is 2.19 bits per heavy atom. The lowest BCUT2D eigenvalue weighted by Gasteiger charge is -2.07. The Bertz CT molecular complexity index is 998. The van der Waals surface area contributed by atoms with Gasteiger partial charge in [-0.2, -0.15) is 5.26 Å². The van der Waals surface area contributed by atoms with E-state index < -0.39 is 0 Å². The van der Waals surface area contributed by atoms with Crippen molar-refractivity contribution >= 4 is 17.3 Å². The largest absolute Gasteiger partial charge is 0.510 e. The van der Waals surface area contributed by atoms with Gasteiger partial charge in [0.1, 0.15) is 23.2 Å². The Labute approximate surface area is 158 Å². The fraction of sp³-hybridized carbons (Fsp3) is 0.353. The summed E-state index contributed by atoms with van der Waals surface area (Å²) >= 11 is 1.13. The molecule has 0 aliphatic carbocycles. The molecule has 0 amide bonds. The van der Waals surface area contributed by atoms with E-state index in [1.54, 1.807) is 12.1 Å². The summed E-state index contributed by atoms with van der Waals surface area (Å²) in [5, 5.41) is 36.4. The van der Waals surface area contributed by atoms with E-state index in [0.29, 0.717) is 11.6 Å². The highest BCUT2D eigenvalue weighted by molar-refractivity contribution is 7.99. The minimum Gasteiger partial charge on any atom is -0.510 e. The third-order valence-electron chi connectivity index (χ3n) is 4.20. The van der Waals surface area contributed by atoms with Crippen LogP contribution in [0.15, 0.2) is 38.2 Å². The molecule has 0 unspecified atom stereocenters. The normalized spacial score (nSPS) is 14.9. The lowest BCUT2D eigenvalue weighted by molar-refractivity contribution is 0.417. The summed E-state index contributed by atoms with van der Waals surface area (Å²) in [5.74, 6) is 2.00. The van der Waals surface area contributed by atoms with Gasteiger partial charge in [-0.15, -0.1) is 20.4 Å². The molecule has 138 valence electrons. The SMILES string of the molecule is N#C/C(=C(/O)CSc1nnc(-c2ccco2)o1)c1nnc2n1CCCCC2. The molecule has 0 saturated carbocycles. The van der Waals surface area contributed by atoms with Crippen LogP contribution in [0, 0.1) is 11.3 Å². The number of aromatic nitrogens is 5. The maximum Gasteiger partial charge on any atom is 0.284 e. The summed E-state index contributed by atoms with van der Waals surface area (Å²) in [7, 11) is 0. The molecule has 0 aromatic carbocycles. The molecule has 0 radical (unpaired) electrons. The van der Waals surface area contributed by atoms with Crippen molar-refractivity contribution in [3.8, 4) is 17.7 Å². The monoisotopic (exact) mass is 384 g/mol. The van der Waals surface area contributed by atoms with Crippen molar-refractivity contribution < 1.29 is 13.9 Å². The van der Waals surface area contributed by atoms with Gasteiger partial charge < -0.3 is 18.5 Å². The number of fused-ring (bicyclic) bond motifs is 1. The number of aliphatic hydroxyl groups excluding tert-OH is 1. The highest BCUT2D eigenvalue weighted by Crippen LogP contribution is 2.27. The van der Waals surface area contributed by atoms with Gasteiger partial charge in [-0.25, -0.2) is 0 Å². The summed E-state index contributed by atoms with van der Waals surface area (Å²) in [6.45, 7) is 0.749. The Kier molecular flexibility index (Phi) is 4.93. The van der Waals surface area contributed by atoms with E-state index in [2.05, 4.69) is 20.4 Å². The molecular formula is C17H16N6O3S. The van der Waals surface area contributed by atoms with Gasteiger partial charge in [-0.1, -0.05) is 18.2 Å². The lowest BCUT2D eigenvalue weighted by atomic mass is 10.2. The number of furan rings is 1. The second-order valence-electron chi connectivity index (χ2n) is 5.97. The number of aliphatic hydroxyl groups is 1. The zero-order chi connectivity index (χ0) is 18.6. The maximum absolute atomic E-state index is 10.5. The summed E-state index contributed by atoms with van der Waals surface area (Å²) in [4.78, 5) is 0. The molecule has 0 spiro atoms. The predicted molar refractivity (Wildman–Crippen MR) is 95.5 cm³/mol. The van der Waals surface area contributed by atoms with E-state index in [4.69, 9.17) is 8.83 Å². The Morgan fingerprint density at radius 1 is 1.26 bits per heavy atom. The Morgan fingerprint density at radius 3 is 3.00 bits per heavy atom. The predicted octanol–water partition coefficient (Wildman–Crippen LogP) is 3.23. The third kappa shape index (κ3) is 3.59. The van der Waals surface area contributed by atoms with Crippen molar-refractivity contribution in [2.75, 3.05) is 5.75 Å². The first-order valence-electron chi connectivity index (χ1n) is 8.51. The molecule has 4 heterocycles. The van der Waals surface area contributed by atoms with Gasteiger partial charge in [0.25, 0.3) is 11.1 Å². The zero-order valence-electron chi connectivity index (χ0n) is 14.3. The quantitative estimate of drug-likeness (QED) is 0.400. The third-order valence-corrected chi connectivity index (χ3v) is 5.03. The smallest absolute Gasteiger partial charge is 0.284 e. The first kappa shape index (κ1) is 17.4. The molecule has 1 aliphatic heterocycles. The fourth-order valence-corrected chi connectivity index (χ4v) is 3.52. The molecule has 0 bridgehead atoms. The van der Waals surface area contributed by atoms with Crippen LogP contribution in [-0.2, 0) is 13.0 Å². The van der Waals surface area contributed by atoms with Gasteiger partial charge in [0, 0.05) is 13.0 Å². The molecule has 1 N–H and O–H groups in total. The number of rotatable bonds is 5.